The number of hydrogen-bond donors (Lipinski definition) is 1. The monoisotopic (exact) mass is 273 g/mol. The molecule has 0 radical (unpaired) electrons. The number of benzene rings is 1. The maximum Gasteiger partial charge on any atom is 0.447 e. The number of phenols is 1. The molecule has 1 aliphatic rings. The lowest BCUT2D eigenvalue weighted by atomic mass is 9.72. The predicted molar refractivity (Wildman–Crippen MR) is 69.9 cm³/mol. The van der Waals surface area contributed by atoms with E-state index in [0.29, 0.717) is 0 Å². The third-order valence-corrected chi connectivity index (χ3v) is 4.04. The fourth-order valence-electron chi connectivity index (χ4n) is 2.00. The quantitative estimate of drug-likeness (QED) is 0.800. The highest BCUT2D eigenvalue weighted by Crippen LogP contribution is 2.43. The summed E-state index contributed by atoms with van der Waals surface area (Å²) < 4.78 is 25.7. The van der Waals surface area contributed by atoms with Crippen molar-refractivity contribution in [3.8, 4) is 5.75 Å². The molecule has 1 fully saturated rings. The third-order valence-electron chi connectivity index (χ3n) is 3.73. The van der Waals surface area contributed by atoms with Crippen LogP contribution in [0.4, 0.5) is 4.32 Å². The SMILES string of the molecule is CC1(C)O[B-](F)(c2cccc(Cl)c2O)OC1(C)C. The van der Waals surface area contributed by atoms with Crippen LogP contribution in [0, 0.1) is 0 Å². The van der Waals surface area contributed by atoms with Crippen LogP contribution in [0.2, 0.25) is 5.02 Å². The summed E-state index contributed by atoms with van der Waals surface area (Å²) in [5, 5.41) is 9.92. The minimum absolute atomic E-state index is 0.0545. The van der Waals surface area contributed by atoms with Crippen molar-refractivity contribution in [3.63, 3.8) is 0 Å². The van der Waals surface area contributed by atoms with Crippen molar-refractivity contribution >= 4 is 23.9 Å². The molecular formula is C12H16BClFO3-. The molecule has 0 unspecified atom stereocenters. The number of phenolic OH excluding ortho intramolecular Hbond substituents is 1. The average Bonchev–Trinajstić information content (AvgIpc) is 2.36. The molecule has 1 heterocycles. The minimum Gasteiger partial charge on any atom is -0.531 e. The van der Waals surface area contributed by atoms with E-state index in [4.69, 9.17) is 20.9 Å². The fraction of sp³-hybridized carbons (Fsp3) is 0.500. The molecule has 0 saturated carbocycles. The second-order valence-electron chi connectivity index (χ2n) is 5.55. The van der Waals surface area contributed by atoms with Gasteiger partial charge in [0.2, 0.25) is 0 Å². The summed E-state index contributed by atoms with van der Waals surface area (Å²) in [4.78, 5) is 0. The van der Waals surface area contributed by atoms with Gasteiger partial charge in [-0.15, -0.1) is 0 Å². The molecule has 3 nitrogen and oxygen atoms in total. The number of aromatic hydroxyl groups is 1. The van der Waals surface area contributed by atoms with Crippen LogP contribution in [0.15, 0.2) is 18.2 Å². The van der Waals surface area contributed by atoms with Crippen LogP contribution in [0.1, 0.15) is 27.7 Å². The van der Waals surface area contributed by atoms with Crippen molar-refractivity contribution in [2.75, 3.05) is 0 Å². The topological polar surface area (TPSA) is 38.7 Å². The van der Waals surface area contributed by atoms with Crippen LogP contribution in [0.3, 0.4) is 0 Å². The van der Waals surface area contributed by atoms with Crippen molar-refractivity contribution in [2.24, 2.45) is 0 Å². The standard InChI is InChI=1S/C12H16BClFO3/c1-11(2)12(3,4)18-13(15,17-11)8-6-5-7-9(14)10(8)16/h5-7,16H,1-4H3/q-1. The molecule has 18 heavy (non-hydrogen) atoms. The molecular weight excluding hydrogens is 257 g/mol. The van der Waals surface area contributed by atoms with Gasteiger partial charge in [0.15, 0.2) is 0 Å². The smallest absolute Gasteiger partial charge is 0.447 e. The number of para-hydroxylation sites is 1. The van der Waals surface area contributed by atoms with Crippen LogP contribution in [-0.4, -0.2) is 23.1 Å². The van der Waals surface area contributed by atoms with Gasteiger partial charge in [0.1, 0.15) is 5.75 Å². The molecule has 2 rings (SSSR count). The Labute approximate surface area is 111 Å². The van der Waals surface area contributed by atoms with Crippen molar-refractivity contribution in [3.05, 3.63) is 23.2 Å². The normalized spacial score (nSPS) is 24.1. The Morgan fingerprint density at radius 3 is 2.17 bits per heavy atom. The molecule has 0 spiro atoms. The zero-order chi connectivity index (χ0) is 13.8. The van der Waals surface area contributed by atoms with Crippen LogP contribution < -0.4 is 5.46 Å². The summed E-state index contributed by atoms with van der Waals surface area (Å²) in [5.74, 6) is -0.338. The van der Waals surface area contributed by atoms with Crippen molar-refractivity contribution in [1.82, 2.24) is 0 Å². The summed E-state index contributed by atoms with van der Waals surface area (Å²) >= 11 is 5.78. The number of halogens is 2. The molecule has 0 aromatic heterocycles. The van der Waals surface area contributed by atoms with Crippen molar-refractivity contribution in [2.45, 2.75) is 38.9 Å². The van der Waals surface area contributed by atoms with E-state index in [1.54, 1.807) is 33.8 Å². The molecule has 1 aromatic rings. The molecule has 1 aromatic carbocycles. The molecule has 100 valence electrons. The lowest BCUT2D eigenvalue weighted by Gasteiger charge is -2.36. The maximum atomic E-state index is 14.9. The molecule has 0 atom stereocenters. The molecule has 1 aliphatic heterocycles. The molecule has 0 amide bonds. The van der Waals surface area contributed by atoms with E-state index in [1.165, 1.54) is 12.1 Å². The average molecular weight is 274 g/mol. The van der Waals surface area contributed by atoms with E-state index in [1.807, 2.05) is 0 Å². The van der Waals surface area contributed by atoms with Crippen molar-refractivity contribution < 1.29 is 18.7 Å². The zero-order valence-electron chi connectivity index (χ0n) is 10.8. The lowest BCUT2D eigenvalue weighted by Crippen LogP contribution is -2.47. The second-order valence-corrected chi connectivity index (χ2v) is 5.96. The lowest BCUT2D eigenvalue weighted by molar-refractivity contribution is 0.00578. The Morgan fingerprint density at radius 2 is 1.67 bits per heavy atom. The Morgan fingerprint density at radius 1 is 1.17 bits per heavy atom. The maximum absolute atomic E-state index is 14.9. The first-order valence-electron chi connectivity index (χ1n) is 5.79. The first-order chi connectivity index (χ1) is 8.09. The highest BCUT2D eigenvalue weighted by molar-refractivity contribution is 6.76. The van der Waals surface area contributed by atoms with Gasteiger partial charge in [-0.05, 0) is 33.8 Å². The van der Waals surface area contributed by atoms with Crippen LogP contribution in [0.25, 0.3) is 0 Å². The molecule has 1 saturated heterocycles. The van der Waals surface area contributed by atoms with Crippen LogP contribution in [-0.2, 0) is 9.31 Å². The Balaban J connectivity index is 2.49. The van der Waals surface area contributed by atoms with Gasteiger partial charge in [0.25, 0.3) is 0 Å². The predicted octanol–water partition coefficient (Wildman–Crippen LogP) is 2.77. The van der Waals surface area contributed by atoms with E-state index < -0.39 is 18.0 Å². The van der Waals surface area contributed by atoms with Crippen LogP contribution in [0.5, 0.6) is 5.75 Å². The van der Waals surface area contributed by atoms with E-state index in [-0.39, 0.29) is 16.2 Å². The highest BCUT2D eigenvalue weighted by atomic mass is 35.5. The first kappa shape index (κ1) is 13.7. The van der Waals surface area contributed by atoms with Gasteiger partial charge >= 0.3 is 6.83 Å². The molecule has 0 bridgehead atoms. The molecule has 6 heteroatoms. The van der Waals surface area contributed by atoms with Crippen molar-refractivity contribution in [1.29, 1.82) is 0 Å². The third kappa shape index (κ3) is 1.90. The van der Waals surface area contributed by atoms with E-state index >= 15 is 0 Å². The Kier molecular flexibility index (Phi) is 2.93. The first-order valence-corrected chi connectivity index (χ1v) is 6.17. The summed E-state index contributed by atoms with van der Waals surface area (Å²) in [6.07, 6.45) is 0. The summed E-state index contributed by atoms with van der Waals surface area (Å²) in [5.41, 5.74) is -1.67. The van der Waals surface area contributed by atoms with E-state index in [2.05, 4.69) is 0 Å². The Bertz CT molecular complexity index is 474. The molecule has 1 N–H and O–H groups in total. The van der Waals surface area contributed by atoms with Gasteiger partial charge in [-0.1, -0.05) is 29.2 Å². The summed E-state index contributed by atoms with van der Waals surface area (Å²) in [7, 11) is 0. The van der Waals surface area contributed by atoms with Gasteiger partial charge in [0.05, 0.1) is 5.02 Å². The van der Waals surface area contributed by atoms with Gasteiger partial charge in [-0.2, -0.15) is 0 Å². The van der Waals surface area contributed by atoms with Crippen LogP contribution >= 0.6 is 11.6 Å². The van der Waals surface area contributed by atoms with Gasteiger partial charge in [0, 0.05) is 11.2 Å². The molecule has 0 aliphatic carbocycles. The summed E-state index contributed by atoms with van der Waals surface area (Å²) in [6.45, 7) is 3.75. The number of hydrogen-bond acceptors (Lipinski definition) is 3. The largest absolute Gasteiger partial charge is 0.531 e. The second kappa shape index (κ2) is 3.86. The van der Waals surface area contributed by atoms with Gasteiger partial charge < -0.3 is 18.7 Å². The Hall–Kier alpha value is -0.775. The van der Waals surface area contributed by atoms with Gasteiger partial charge in [-0.25, -0.2) is 0 Å². The highest BCUT2D eigenvalue weighted by Gasteiger charge is 2.54. The summed E-state index contributed by atoms with van der Waals surface area (Å²) in [6, 6.07) is 4.44. The number of rotatable bonds is 1. The van der Waals surface area contributed by atoms with E-state index in [9.17, 15) is 9.42 Å². The minimum atomic E-state index is -3.24. The fourth-order valence-corrected chi connectivity index (χ4v) is 2.18. The van der Waals surface area contributed by atoms with E-state index in [0.717, 1.165) is 0 Å². The zero-order valence-corrected chi connectivity index (χ0v) is 11.6. The van der Waals surface area contributed by atoms with Gasteiger partial charge in [-0.3, -0.25) is 0 Å².